The summed E-state index contributed by atoms with van der Waals surface area (Å²) in [5.74, 6) is 0. The molecule has 28 heavy (non-hydrogen) atoms. The molecule has 0 saturated carbocycles. The molecular formula is C18H20Cl2O6S2. The molecule has 0 bridgehead atoms. The summed E-state index contributed by atoms with van der Waals surface area (Å²) in [6, 6.07) is 8.59. The summed E-state index contributed by atoms with van der Waals surface area (Å²) in [6.45, 7) is 6.33. The van der Waals surface area contributed by atoms with E-state index in [1.165, 1.54) is 24.3 Å². The molecule has 154 valence electrons. The Morgan fingerprint density at radius 1 is 0.679 bits per heavy atom. The maximum atomic E-state index is 12.4. The van der Waals surface area contributed by atoms with Gasteiger partial charge in [-0.1, -0.05) is 35.3 Å². The van der Waals surface area contributed by atoms with Gasteiger partial charge in [0.25, 0.3) is 20.2 Å². The minimum Gasteiger partial charge on any atom is -0.264 e. The Hall–Kier alpha value is -1.16. The lowest BCUT2D eigenvalue weighted by atomic mass is 10.1. The van der Waals surface area contributed by atoms with Crippen LogP contribution in [0.4, 0.5) is 0 Å². The molecule has 0 unspecified atom stereocenters. The van der Waals surface area contributed by atoms with E-state index < -0.39 is 32.4 Å². The van der Waals surface area contributed by atoms with Gasteiger partial charge in [0.05, 0.1) is 22.3 Å². The molecule has 10 heteroatoms. The van der Waals surface area contributed by atoms with Crippen molar-refractivity contribution in [2.45, 2.75) is 49.7 Å². The standard InChI is InChI=1S/C18H20Cl2O6S2/c1-11(2)25-27(21,22)17-9-13(5-7-15(17)19)14-6-8-16(20)18(10-14)28(23,24)26-12(3)4/h5-12H,1-4H3. The topological polar surface area (TPSA) is 86.7 Å². The first-order chi connectivity index (χ1) is 12.8. The Bertz CT molecular complexity index is 990. The minimum absolute atomic E-state index is 0.00523. The second-order valence-electron chi connectivity index (χ2n) is 6.49. The van der Waals surface area contributed by atoms with E-state index in [4.69, 9.17) is 31.6 Å². The van der Waals surface area contributed by atoms with Crippen molar-refractivity contribution in [2.75, 3.05) is 0 Å². The SMILES string of the molecule is CC(C)OS(=O)(=O)c1cc(-c2ccc(Cl)c(S(=O)(=O)OC(C)C)c2)ccc1Cl. The lowest BCUT2D eigenvalue weighted by Gasteiger charge is -2.13. The van der Waals surface area contributed by atoms with E-state index in [2.05, 4.69) is 0 Å². The van der Waals surface area contributed by atoms with Crippen molar-refractivity contribution in [3.8, 4) is 11.1 Å². The predicted octanol–water partition coefficient (Wildman–Crippen LogP) is 4.89. The first-order valence-electron chi connectivity index (χ1n) is 8.29. The Morgan fingerprint density at radius 2 is 1.00 bits per heavy atom. The van der Waals surface area contributed by atoms with E-state index in [0.29, 0.717) is 11.1 Å². The third-order valence-corrected chi connectivity index (χ3v) is 7.29. The van der Waals surface area contributed by atoms with Gasteiger partial charge >= 0.3 is 0 Å². The molecule has 2 aromatic carbocycles. The third-order valence-electron chi connectivity index (χ3n) is 3.37. The Balaban J connectivity index is 2.58. The fraction of sp³-hybridized carbons (Fsp3) is 0.333. The van der Waals surface area contributed by atoms with Crippen LogP contribution in [-0.4, -0.2) is 29.0 Å². The molecule has 0 aromatic heterocycles. The average molecular weight is 467 g/mol. The van der Waals surface area contributed by atoms with Gasteiger partial charge in [-0.2, -0.15) is 16.8 Å². The second-order valence-corrected chi connectivity index (χ2v) is 10.4. The van der Waals surface area contributed by atoms with Gasteiger partial charge in [0, 0.05) is 0 Å². The van der Waals surface area contributed by atoms with Crippen molar-refractivity contribution in [1.82, 2.24) is 0 Å². The van der Waals surface area contributed by atoms with E-state index >= 15 is 0 Å². The van der Waals surface area contributed by atoms with Crippen LogP contribution in [0.1, 0.15) is 27.7 Å². The molecule has 0 heterocycles. The highest BCUT2D eigenvalue weighted by molar-refractivity contribution is 7.87. The van der Waals surface area contributed by atoms with Crippen LogP contribution < -0.4 is 0 Å². The van der Waals surface area contributed by atoms with Crippen LogP contribution in [0.15, 0.2) is 46.2 Å². The zero-order valence-corrected chi connectivity index (χ0v) is 18.8. The van der Waals surface area contributed by atoms with E-state index in [0.717, 1.165) is 0 Å². The maximum Gasteiger partial charge on any atom is 0.298 e. The predicted molar refractivity (Wildman–Crippen MR) is 109 cm³/mol. The lowest BCUT2D eigenvalue weighted by Crippen LogP contribution is -2.13. The van der Waals surface area contributed by atoms with Gasteiger partial charge in [-0.15, -0.1) is 0 Å². The van der Waals surface area contributed by atoms with Crippen molar-refractivity contribution < 1.29 is 25.2 Å². The van der Waals surface area contributed by atoms with Gasteiger partial charge in [0.2, 0.25) is 0 Å². The minimum atomic E-state index is -4.08. The summed E-state index contributed by atoms with van der Waals surface area (Å²) >= 11 is 12.1. The molecule has 2 rings (SSSR count). The van der Waals surface area contributed by atoms with Gasteiger partial charge in [0.15, 0.2) is 0 Å². The zero-order valence-electron chi connectivity index (χ0n) is 15.6. The Labute approximate surface area is 175 Å². The summed E-state index contributed by atoms with van der Waals surface area (Å²) in [6.07, 6.45) is -1.13. The number of rotatable bonds is 7. The van der Waals surface area contributed by atoms with Crippen LogP contribution in [0.25, 0.3) is 11.1 Å². The lowest BCUT2D eigenvalue weighted by molar-refractivity contribution is 0.248. The van der Waals surface area contributed by atoms with Crippen LogP contribution >= 0.6 is 23.2 Å². The first kappa shape index (κ1) is 23.1. The van der Waals surface area contributed by atoms with E-state index in [1.807, 2.05) is 0 Å². The third kappa shape index (κ3) is 5.46. The van der Waals surface area contributed by atoms with Gasteiger partial charge in [-0.25, -0.2) is 0 Å². The number of halogens is 2. The molecule has 0 saturated heterocycles. The fourth-order valence-corrected chi connectivity index (χ4v) is 5.54. The van der Waals surface area contributed by atoms with Gasteiger partial charge < -0.3 is 0 Å². The number of benzene rings is 2. The molecule has 0 atom stereocenters. The number of hydrogen-bond acceptors (Lipinski definition) is 6. The van der Waals surface area contributed by atoms with Gasteiger partial charge in [0.1, 0.15) is 9.79 Å². The molecule has 0 fully saturated rings. The van der Waals surface area contributed by atoms with Crippen LogP contribution in [-0.2, 0) is 28.6 Å². The van der Waals surface area contributed by atoms with Crippen LogP contribution in [0.5, 0.6) is 0 Å². The highest BCUT2D eigenvalue weighted by Gasteiger charge is 2.24. The van der Waals surface area contributed by atoms with Crippen molar-refractivity contribution in [3.05, 3.63) is 46.4 Å². The van der Waals surface area contributed by atoms with Crippen molar-refractivity contribution in [1.29, 1.82) is 0 Å². The van der Waals surface area contributed by atoms with Crippen molar-refractivity contribution >= 4 is 43.4 Å². The first-order valence-corrected chi connectivity index (χ1v) is 11.9. The fourth-order valence-electron chi connectivity index (χ4n) is 2.36. The molecule has 0 N–H and O–H groups in total. The smallest absolute Gasteiger partial charge is 0.264 e. The Morgan fingerprint density at radius 3 is 1.29 bits per heavy atom. The van der Waals surface area contributed by atoms with E-state index in [1.54, 1.807) is 39.8 Å². The largest absolute Gasteiger partial charge is 0.298 e. The molecule has 0 spiro atoms. The monoisotopic (exact) mass is 466 g/mol. The molecular weight excluding hydrogens is 447 g/mol. The molecule has 0 amide bonds. The van der Waals surface area contributed by atoms with Gasteiger partial charge in [-0.05, 0) is 63.1 Å². The maximum absolute atomic E-state index is 12.4. The highest BCUT2D eigenvalue weighted by atomic mass is 35.5. The van der Waals surface area contributed by atoms with Crippen LogP contribution in [0.2, 0.25) is 10.0 Å². The van der Waals surface area contributed by atoms with E-state index in [-0.39, 0.29) is 19.8 Å². The molecule has 0 aliphatic rings. The van der Waals surface area contributed by atoms with Crippen LogP contribution in [0, 0.1) is 0 Å². The molecule has 0 aliphatic carbocycles. The average Bonchev–Trinajstić information content (AvgIpc) is 2.53. The van der Waals surface area contributed by atoms with Gasteiger partial charge in [-0.3, -0.25) is 8.37 Å². The quantitative estimate of drug-likeness (QED) is 0.539. The summed E-state index contributed by atoms with van der Waals surface area (Å²) in [7, 11) is -8.17. The highest BCUT2D eigenvalue weighted by Crippen LogP contribution is 2.33. The molecule has 0 aliphatic heterocycles. The number of hydrogen-bond donors (Lipinski definition) is 0. The summed E-state index contributed by atoms with van der Waals surface area (Å²) in [5.41, 5.74) is 0.848. The summed E-state index contributed by atoms with van der Waals surface area (Å²) < 4.78 is 59.6. The second kappa shape index (κ2) is 8.69. The van der Waals surface area contributed by atoms with Crippen LogP contribution in [0.3, 0.4) is 0 Å². The van der Waals surface area contributed by atoms with Crippen molar-refractivity contribution in [2.24, 2.45) is 0 Å². The summed E-state index contributed by atoms with van der Waals surface area (Å²) in [4.78, 5) is -0.420. The molecule has 0 radical (unpaired) electrons. The molecule has 6 nitrogen and oxygen atoms in total. The normalized spacial score (nSPS) is 12.7. The zero-order chi connectivity index (χ0) is 21.3. The van der Waals surface area contributed by atoms with E-state index in [9.17, 15) is 16.8 Å². The Kier molecular flexibility index (Phi) is 7.17. The van der Waals surface area contributed by atoms with Crippen molar-refractivity contribution in [3.63, 3.8) is 0 Å². The molecule has 2 aromatic rings. The summed E-state index contributed by atoms with van der Waals surface area (Å²) in [5, 5.41) is -0.0105.